The summed E-state index contributed by atoms with van der Waals surface area (Å²) in [5.74, 6) is 1.60. The van der Waals surface area contributed by atoms with Gasteiger partial charge in [0.05, 0.1) is 5.02 Å². The van der Waals surface area contributed by atoms with Crippen molar-refractivity contribution in [3.05, 3.63) is 52.2 Å². The van der Waals surface area contributed by atoms with E-state index in [1.807, 2.05) is 37.3 Å². The largest absolute Gasteiger partial charge is 0.437 e. The van der Waals surface area contributed by atoms with Crippen LogP contribution in [0, 0.1) is 6.92 Å². The minimum absolute atomic E-state index is 0.442. The first kappa shape index (κ1) is 15.1. The number of hydrogen-bond donors (Lipinski definition) is 0. The molecule has 0 N–H and O–H groups in total. The van der Waals surface area contributed by atoms with Crippen molar-refractivity contribution in [2.24, 2.45) is 0 Å². The Kier molecular flexibility index (Phi) is 5.27. The highest BCUT2D eigenvalue weighted by atomic mass is 35.5. The number of benzene rings is 1. The van der Waals surface area contributed by atoms with E-state index in [-0.39, 0.29) is 0 Å². The van der Waals surface area contributed by atoms with Gasteiger partial charge in [0.15, 0.2) is 0 Å². The van der Waals surface area contributed by atoms with Crippen molar-refractivity contribution < 1.29 is 4.74 Å². The molecule has 0 saturated carbocycles. The van der Waals surface area contributed by atoms with Crippen LogP contribution in [0.25, 0.3) is 0 Å². The molecule has 0 fully saturated rings. The lowest BCUT2D eigenvalue weighted by molar-refractivity contribution is 0.460. The number of nitrogens with zero attached hydrogens (tertiary/aromatic N) is 1. The molecule has 2 rings (SSSR count). The van der Waals surface area contributed by atoms with E-state index in [0.717, 1.165) is 29.7 Å². The van der Waals surface area contributed by atoms with Gasteiger partial charge in [-0.25, -0.2) is 4.98 Å². The molecule has 0 aliphatic rings. The van der Waals surface area contributed by atoms with Gasteiger partial charge in [-0.15, -0.1) is 11.6 Å². The monoisotopic (exact) mass is 309 g/mol. The summed E-state index contributed by atoms with van der Waals surface area (Å²) >= 11 is 12.1. The molecule has 106 valence electrons. The van der Waals surface area contributed by atoms with Crippen LogP contribution >= 0.6 is 23.2 Å². The van der Waals surface area contributed by atoms with E-state index in [9.17, 15) is 0 Å². The molecule has 0 atom stereocenters. The van der Waals surface area contributed by atoms with Crippen molar-refractivity contribution in [2.75, 3.05) is 0 Å². The van der Waals surface area contributed by atoms with E-state index in [4.69, 9.17) is 27.9 Å². The van der Waals surface area contributed by atoms with Crippen molar-refractivity contribution >= 4 is 23.2 Å². The average Bonchev–Trinajstić information content (AvgIpc) is 2.43. The first-order valence-corrected chi connectivity index (χ1v) is 7.53. The second-order valence-corrected chi connectivity index (χ2v) is 5.40. The van der Waals surface area contributed by atoms with Crippen LogP contribution in [0.1, 0.15) is 30.2 Å². The van der Waals surface area contributed by atoms with Gasteiger partial charge in [0.2, 0.25) is 5.88 Å². The number of ether oxygens (including phenoxy) is 1. The Hall–Kier alpha value is -1.25. The van der Waals surface area contributed by atoms with E-state index >= 15 is 0 Å². The number of aryl methyl sites for hydroxylation is 2. The summed E-state index contributed by atoms with van der Waals surface area (Å²) in [7, 11) is 0. The fraction of sp³-hybridized carbons (Fsp3) is 0.312. The molecular formula is C16H17Cl2NO. The van der Waals surface area contributed by atoms with E-state index in [1.165, 1.54) is 0 Å². The van der Waals surface area contributed by atoms with Gasteiger partial charge in [0.25, 0.3) is 0 Å². The molecule has 0 aliphatic carbocycles. The Balaban J connectivity index is 2.32. The van der Waals surface area contributed by atoms with Crippen LogP contribution in [0.15, 0.2) is 30.3 Å². The van der Waals surface area contributed by atoms with Crippen LogP contribution in [0.3, 0.4) is 0 Å². The molecule has 1 heterocycles. The van der Waals surface area contributed by atoms with Crippen LogP contribution in [0.5, 0.6) is 11.6 Å². The number of rotatable bonds is 5. The Morgan fingerprint density at radius 2 is 2.00 bits per heavy atom. The summed E-state index contributed by atoms with van der Waals surface area (Å²) in [6.07, 6.45) is 1.94. The van der Waals surface area contributed by atoms with Crippen LogP contribution in [0.2, 0.25) is 5.02 Å². The molecule has 0 amide bonds. The molecule has 1 aromatic heterocycles. The minimum Gasteiger partial charge on any atom is -0.437 e. The van der Waals surface area contributed by atoms with Gasteiger partial charge < -0.3 is 4.74 Å². The fourth-order valence-corrected chi connectivity index (χ4v) is 2.25. The molecule has 0 aliphatic heterocycles. The Labute approximate surface area is 129 Å². The van der Waals surface area contributed by atoms with Crippen LogP contribution < -0.4 is 4.74 Å². The molecule has 0 radical (unpaired) electrons. The summed E-state index contributed by atoms with van der Waals surface area (Å²) < 4.78 is 5.82. The maximum atomic E-state index is 6.14. The summed E-state index contributed by atoms with van der Waals surface area (Å²) in [5.41, 5.74) is 3.08. The maximum Gasteiger partial charge on any atom is 0.219 e. The second-order valence-electron chi connectivity index (χ2n) is 4.72. The smallest absolute Gasteiger partial charge is 0.219 e. The van der Waals surface area contributed by atoms with Crippen molar-refractivity contribution in [1.82, 2.24) is 4.98 Å². The molecule has 0 bridgehead atoms. The molecule has 0 spiro atoms. The lowest BCUT2D eigenvalue weighted by atomic mass is 10.2. The third-order valence-corrected chi connectivity index (χ3v) is 3.50. The van der Waals surface area contributed by atoms with E-state index in [1.54, 1.807) is 0 Å². The number of alkyl halides is 1. The second kappa shape index (κ2) is 6.96. The number of pyridine rings is 1. The topological polar surface area (TPSA) is 22.1 Å². The zero-order chi connectivity index (χ0) is 14.5. The third kappa shape index (κ3) is 3.87. The zero-order valence-corrected chi connectivity index (χ0v) is 13.1. The Morgan fingerprint density at radius 3 is 2.70 bits per heavy atom. The molecule has 0 unspecified atom stereocenters. The minimum atomic E-state index is 0.442. The standard InChI is InChI=1S/C16H17Cl2NO/c1-3-4-13-8-12(10-17)9-16(19-13)20-15-7-11(2)5-6-14(15)18/h5-9H,3-4,10H2,1-2H3. The van der Waals surface area contributed by atoms with Gasteiger partial charge in [-0.1, -0.05) is 31.0 Å². The van der Waals surface area contributed by atoms with Gasteiger partial charge in [-0.2, -0.15) is 0 Å². The van der Waals surface area contributed by atoms with Gasteiger partial charge in [-0.05, 0) is 42.7 Å². The Morgan fingerprint density at radius 1 is 1.20 bits per heavy atom. The average molecular weight is 310 g/mol. The quantitative estimate of drug-likeness (QED) is 0.678. The van der Waals surface area contributed by atoms with Crippen molar-refractivity contribution in [3.63, 3.8) is 0 Å². The first-order valence-electron chi connectivity index (χ1n) is 6.62. The van der Waals surface area contributed by atoms with Crippen molar-refractivity contribution in [2.45, 2.75) is 32.6 Å². The van der Waals surface area contributed by atoms with Crippen LogP contribution in [-0.2, 0) is 12.3 Å². The number of aromatic nitrogens is 1. The van der Waals surface area contributed by atoms with Crippen molar-refractivity contribution in [3.8, 4) is 11.6 Å². The molecule has 2 nitrogen and oxygen atoms in total. The summed E-state index contributed by atoms with van der Waals surface area (Å²) in [6.45, 7) is 4.11. The lowest BCUT2D eigenvalue weighted by Gasteiger charge is -2.10. The molecule has 20 heavy (non-hydrogen) atoms. The molecule has 0 saturated heterocycles. The van der Waals surface area contributed by atoms with Gasteiger partial charge in [-0.3, -0.25) is 0 Å². The highest BCUT2D eigenvalue weighted by Gasteiger charge is 2.07. The van der Waals surface area contributed by atoms with E-state index < -0.39 is 0 Å². The van der Waals surface area contributed by atoms with Crippen LogP contribution in [0.4, 0.5) is 0 Å². The fourth-order valence-electron chi connectivity index (χ4n) is 1.94. The predicted octanol–water partition coefficient (Wildman–Crippen LogP) is 5.53. The van der Waals surface area contributed by atoms with Gasteiger partial charge >= 0.3 is 0 Å². The third-order valence-electron chi connectivity index (χ3n) is 2.88. The lowest BCUT2D eigenvalue weighted by Crippen LogP contribution is -1.96. The highest BCUT2D eigenvalue weighted by Crippen LogP contribution is 2.30. The molecule has 2 aromatic rings. The summed E-state index contributed by atoms with van der Waals surface area (Å²) in [4.78, 5) is 4.50. The highest BCUT2D eigenvalue weighted by molar-refractivity contribution is 6.32. The normalized spacial score (nSPS) is 10.6. The SMILES string of the molecule is CCCc1cc(CCl)cc(Oc2cc(C)ccc2Cl)n1. The first-order chi connectivity index (χ1) is 9.62. The van der Waals surface area contributed by atoms with E-state index in [2.05, 4.69) is 11.9 Å². The number of halogens is 2. The van der Waals surface area contributed by atoms with Crippen molar-refractivity contribution in [1.29, 1.82) is 0 Å². The Bertz CT molecular complexity index is 599. The summed E-state index contributed by atoms with van der Waals surface area (Å²) in [5, 5.41) is 0.575. The molecular weight excluding hydrogens is 293 g/mol. The maximum absolute atomic E-state index is 6.14. The summed E-state index contributed by atoms with van der Waals surface area (Å²) in [6, 6.07) is 9.54. The van der Waals surface area contributed by atoms with Gasteiger partial charge in [0.1, 0.15) is 5.75 Å². The zero-order valence-electron chi connectivity index (χ0n) is 11.6. The van der Waals surface area contributed by atoms with Crippen LogP contribution in [-0.4, -0.2) is 4.98 Å². The van der Waals surface area contributed by atoms with E-state index in [0.29, 0.717) is 22.5 Å². The van der Waals surface area contributed by atoms with Gasteiger partial charge in [0, 0.05) is 17.6 Å². The predicted molar refractivity (Wildman–Crippen MR) is 84.1 cm³/mol. The number of hydrogen-bond acceptors (Lipinski definition) is 2. The molecule has 1 aromatic carbocycles. The molecule has 4 heteroatoms.